The zero-order chi connectivity index (χ0) is 14.7. The lowest BCUT2D eigenvalue weighted by Crippen LogP contribution is -2.16. The number of aromatic amines is 1. The van der Waals surface area contributed by atoms with Crippen LogP contribution in [-0.4, -0.2) is 20.6 Å². The van der Waals surface area contributed by atoms with Crippen molar-refractivity contribution < 1.29 is 0 Å². The van der Waals surface area contributed by atoms with Crippen molar-refractivity contribution in [3.05, 3.63) is 45.4 Å². The summed E-state index contributed by atoms with van der Waals surface area (Å²) in [7, 11) is 0. The van der Waals surface area contributed by atoms with Crippen LogP contribution in [0.15, 0.2) is 28.2 Å². The average Bonchev–Trinajstić information content (AvgIpc) is 2.77. The van der Waals surface area contributed by atoms with Crippen LogP contribution >= 0.6 is 11.8 Å². The standard InChI is InChI=1S/C13H17N5OS/c1-3-18-12(19)16-17-13(18)20-7-10-5-4-9(11(14)15)6-8(10)2/h4-6H,3,7H2,1-2H3,(H3,14,15)(H,16,19). The van der Waals surface area contributed by atoms with Crippen molar-refractivity contribution in [2.24, 2.45) is 5.73 Å². The fourth-order valence-corrected chi connectivity index (χ4v) is 2.95. The van der Waals surface area contributed by atoms with Crippen LogP contribution in [0.1, 0.15) is 23.6 Å². The van der Waals surface area contributed by atoms with Crippen molar-refractivity contribution in [3.8, 4) is 0 Å². The predicted octanol–water partition coefficient (Wildman–Crippen LogP) is 1.48. The van der Waals surface area contributed by atoms with Crippen LogP contribution in [0.25, 0.3) is 0 Å². The SMILES string of the molecule is CCn1c(SCc2ccc(C(=N)N)cc2C)n[nH]c1=O. The van der Waals surface area contributed by atoms with Gasteiger partial charge in [0.25, 0.3) is 0 Å². The Hall–Kier alpha value is -2.02. The molecule has 0 bridgehead atoms. The Bertz CT molecular complexity index is 688. The maximum Gasteiger partial charge on any atom is 0.343 e. The average molecular weight is 291 g/mol. The first kappa shape index (κ1) is 14.4. The molecule has 6 nitrogen and oxygen atoms in total. The van der Waals surface area contributed by atoms with Gasteiger partial charge in [-0.2, -0.15) is 0 Å². The summed E-state index contributed by atoms with van der Waals surface area (Å²) in [5.74, 6) is 0.785. The minimum Gasteiger partial charge on any atom is -0.384 e. The molecule has 2 aromatic rings. The highest BCUT2D eigenvalue weighted by atomic mass is 32.2. The molecule has 1 aromatic carbocycles. The van der Waals surface area contributed by atoms with E-state index in [1.807, 2.05) is 32.0 Å². The van der Waals surface area contributed by atoms with Gasteiger partial charge in [-0.05, 0) is 31.0 Å². The summed E-state index contributed by atoms with van der Waals surface area (Å²) in [6, 6.07) is 5.69. The van der Waals surface area contributed by atoms with Gasteiger partial charge in [0.05, 0.1) is 0 Å². The molecule has 0 amide bonds. The monoisotopic (exact) mass is 291 g/mol. The van der Waals surface area contributed by atoms with Crippen molar-refractivity contribution in [1.29, 1.82) is 5.41 Å². The van der Waals surface area contributed by atoms with E-state index in [0.717, 1.165) is 16.7 Å². The molecule has 0 aliphatic carbocycles. The molecule has 20 heavy (non-hydrogen) atoms. The Labute approximate surface area is 120 Å². The Kier molecular flexibility index (Phi) is 4.29. The van der Waals surface area contributed by atoms with E-state index in [1.165, 1.54) is 11.8 Å². The molecule has 0 radical (unpaired) electrons. The van der Waals surface area contributed by atoms with Crippen molar-refractivity contribution >= 4 is 17.6 Å². The van der Waals surface area contributed by atoms with Gasteiger partial charge in [0, 0.05) is 17.9 Å². The van der Waals surface area contributed by atoms with Crippen molar-refractivity contribution in [3.63, 3.8) is 0 Å². The smallest absolute Gasteiger partial charge is 0.343 e. The van der Waals surface area contributed by atoms with E-state index in [4.69, 9.17) is 11.1 Å². The second-order valence-corrected chi connectivity index (χ2v) is 5.34. The van der Waals surface area contributed by atoms with Crippen molar-refractivity contribution in [2.75, 3.05) is 0 Å². The van der Waals surface area contributed by atoms with Gasteiger partial charge in [-0.25, -0.2) is 9.89 Å². The van der Waals surface area contributed by atoms with Gasteiger partial charge in [-0.15, -0.1) is 5.10 Å². The highest BCUT2D eigenvalue weighted by Crippen LogP contribution is 2.22. The van der Waals surface area contributed by atoms with Gasteiger partial charge in [0.1, 0.15) is 5.84 Å². The van der Waals surface area contributed by atoms with Gasteiger partial charge in [0.15, 0.2) is 5.16 Å². The number of hydrogen-bond acceptors (Lipinski definition) is 4. The van der Waals surface area contributed by atoms with Gasteiger partial charge in [-0.3, -0.25) is 9.98 Å². The number of hydrogen-bond donors (Lipinski definition) is 3. The van der Waals surface area contributed by atoms with Crippen molar-refractivity contribution in [2.45, 2.75) is 31.3 Å². The molecule has 0 saturated heterocycles. The van der Waals surface area contributed by atoms with Crippen LogP contribution in [0.3, 0.4) is 0 Å². The number of aryl methyl sites for hydroxylation is 1. The van der Waals surface area contributed by atoms with E-state index in [1.54, 1.807) is 4.57 Å². The topological polar surface area (TPSA) is 101 Å². The minimum atomic E-state index is -0.182. The summed E-state index contributed by atoms with van der Waals surface area (Å²) >= 11 is 1.51. The molecule has 0 aliphatic heterocycles. The maximum atomic E-state index is 11.5. The predicted molar refractivity (Wildman–Crippen MR) is 80.3 cm³/mol. The van der Waals surface area contributed by atoms with Crippen LogP contribution in [0.4, 0.5) is 0 Å². The molecular formula is C13H17N5OS. The number of nitrogens with one attached hydrogen (secondary N) is 2. The highest BCUT2D eigenvalue weighted by molar-refractivity contribution is 7.98. The molecule has 4 N–H and O–H groups in total. The molecule has 0 saturated carbocycles. The molecule has 1 heterocycles. The first-order chi connectivity index (χ1) is 9.52. The number of nitrogen functional groups attached to an aromatic ring is 1. The Morgan fingerprint density at radius 1 is 1.55 bits per heavy atom. The number of aromatic nitrogens is 3. The number of thioether (sulfide) groups is 1. The number of rotatable bonds is 5. The molecular weight excluding hydrogens is 274 g/mol. The fraction of sp³-hybridized carbons (Fsp3) is 0.308. The van der Waals surface area contributed by atoms with E-state index in [0.29, 0.717) is 17.5 Å². The molecule has 106 valence electrons. The second kappa shape index (κ2) is 5.96. The summed E-state index contributed by atoms with van der Waals surface area (Å²) in [6.45, 7) is 4.49. The summed E-state index contributed by atoms with van der Waals surface area (Å²) in [4.78, 5) is 11.5. The molecule has 0 unspecified atom stereocenters. The van der Waals surface area contributed by atoms with E-state index in [2.05, 4.69) is 10.2 Å². The minimum absolute atomic E-state index is 0.0689. The number of nitrogens with zero attached hydrogens (tertiary/aromatic N) is 2. The summed E-state index contributed by atoms with van der Waals surface area (Å²) in [5.41, 5.74) is 8.22. The first-order valence-electron chi connectivity index (χ1n) is 6.24. The first-order valence-corrected chi connectivity index (χ1v) is 7.23. The lowest BCUT2D eigenvalue weighted by atomic mass is 10.1. The van der Waals surface area contributed by atoms with E-state index < -0.39 is 0 Å². The molecule has 0 fully saturated rings. The third-order valence-corrected chi connectivity index (χ3v) is 4.08. The summed E-state index contributed by atoms with van der Waals surface area (Å²) < 4.78 is 1.60. The van der Waals surface area contributed by atoms with Crippen LogP contribution in [0, 0.1) is 12.3 Å². The number of benzene rings is 1. The lowest BCUT2D eigenvalue weighted by molar-refractivity contribution is 0.660. The Balaban J connectivity index is 2.15. The lowest BCUT2D eigenvalue weighted by Gasteiger charge is -2.07. The summed E-state index contributed by atoms with van der Waals surface area (Å²) in [5, 5.41) is 14.6. The van der Waals surface area contributed by atoms with Crippen LogP contribution in [0.2, 0.25) is 0 Å². The summed E-state index contributed by atoms with van der Waals surface area (Å²) in [6.07, 6.45) is 0. The van der Waals surface area contributed by atoms with Crippen molar-refractivity contribution in [1.82, 2.24) is 14.8 Å². The number of H-pyrrole nitrogens is 1. The quantitative estimate of drug-likeness (QED) is 0.441. The highest BCUT2D eigenvalue weighted by Gasteiger charge is 2.09. The van der Waals surface area contributed by atoms with Crippen LogP contribution in [0.5, 0.6) is 0 Å². The maximum absolute atomic E-state index is 11.5. The van der Waals surface area contributed by atoms with Gasteiger partial charge in [-0.1, -0.05) is 23.9 Å². The van der Waals surface area contributed by atoms with Crippen LogP contribution < -0.4 is 11.4 Å². The zero-order valence-electron chi connectivity index (χ0n) is 11.4. The van der Waals surface area contributed by atoms with Gasteiger partial charge < -0.3 is 5.73 Å². The molecule has 1 aromatic heterocycles. The number of amidine groups is 1. The zero-order valence-corrected chi connectivity index (χ0v) is 12.3. The van der Waals surface area contributed by atoms with E-state index in [9.17, 15) is 4.79 Å². The molecule has 7 heteroatoms. The third kappa shape index (κ3) is 2.93. The van der Waals surface area contributed by atoms with Gasteiger partial charge >= 0.3 is 5.69 Å². The molecule has 0 atom stereocenters. The Morgan fingerprint density at radius 3 is 2.90 bits per heavy atom. The second-order valence-electron chi connectivity index (χ2n) is 4.40. The molecule has 2 rings (SSSR count). The third-order valence-electron chi connectivity index (χ3n) is 3.05. The van der Waals surface area contributed by atoms with E-state index in [-0.39, 0.29) is 11.5 Å². The van der Waals surface area contributed by atoms with Crippen LogP contribution in [-0.2, 0) is 12.3 Å². The Morgan fingerprint density at radius 2 is 2.30 bits per heavy atom. The van der Waals surface area contributed by atoms with E-state index >= 15 is 0 Å². The van der Waals surface area contributed by atoms with Gasteiger partial charge in [0.2, 0.25) is 0 Å². The largest absolute Gasteiger partial charge is 0.384 e. The number of nitrogens with two attached hydrogens (primary N) is 1. The fourth-order valence-electron chi connectivity index (χ4n) is 1.86. The molecule has 0 spiro atoms. The normalized spacial score (nSPS) is 10.7. The molecule has 0 aliphatic rings.